The molecule has 128 valence electrons. The number of rotatable bonds is 2. The predicted molar refractivity (Wildman–Crippen MR) is 102 cm³/mol. The monoisotopic (exact) mass is 352 g/mol. The van der Waals surface area contributed by atoms with Gasteiger partial charge in [0.1, 0.15) is 0 Å². The molecule has 5 nitrogen and oxygen atoms in total. The number of aryl methyl sites for hydroxylation is 2. The number of benzene rings is 1. The number of fused-ring (bicyclic) bond motifs is 1. The lowest BCUT2D eigenvalue weighted by Crippen LogP contribution is -2.38. The summed E-state index contributed by atoms with van der Waals surface area (Å²) in [5, 5.41) is 5.36. The van der Waals surface area contributed by atoms with Crippen LogP contribution in [0.3, 0.4) is 0 Å². The molecule has 0 radical (unpaired) electrons. The number of aromatic nitrogens is 3. The Morgan fingerprint density at radius 3 is 2.60 bits per heavy atom. The van der Waals surface area contributed by atoms with Gasteiger partial charge in [0.2, 0.25) is 0 Å². The quantitative estimate of drug-likeness (QED) is 0.711. The minimum Gasteiger partial charge on any atom is -0.337 e. The molecule has 1 aliphatic rings. The van der Waals surface area contributed by atoms with E-state index in [0.717, 1.165) is 52.6 Å². The van der Waals surface area contributed by atoms with Crippen molar-refractivity contribution >= 4 is 28.7 Å². The first-order chi connectivity index (χ1) is 12.1. The van der Waals surface area contributed by atoms with Crippen LogP contribution in [0, 0.1) is 6.92 Å². The van der Waals surface area contributed by atoms with Crippen LogP contribution >= 0.6 is 11.8 Å². The second-order valence-corrected chi connectivity index (χ2v) is 7.46. The number of nitrogens with zero attached hydrogens (tertiary/aromatic N) is 4. The maximum Gasteiger partial charge on any atom is 0.254 e. The third-order valence-electron chi connectivity index (χ3n) is 4.57. The van der Waals surface area contributed by atoms with Crippen LogP contribution in [0.1, 0.15) is 16.1 Å². The molecule has 0 saturated carbocycles. The molecule has 1 fully saturated rings. The molecule has 0 aliphatic carbocycles. The van der Waals surface area contributed by atoms with Crippen LogP contribution in [0.4, 0.5) is 0 Å². The van der Waals surface area contributed by atoms with Crippen LogP contribution < -0.4 is 0 Å². The van der Waals surface area contributed by atoms with Crippen LogP contribution in [0.5, 0.6) is 0 Å². The van der Waals surface area contributed by atoms with Gasteiger partial charge in [-0.05, 0) is 13.0 Å². The summed E-state index contributed by atoms with van der Waals surface area (Å²) in [5.74, 6) is 2.08. The Morgan fingerprint density at radius 2 is 1.88 bits per heavy atom. The van der Waals surface area contributed by atoms with Crippen LogP contribution in [0.2, 0.25) is 0 Å². The van der Waals surface area contributed by atoms with Crippen LogP contribution in [0.25, 0.3) is 22.3 Å². The third kappa shape index (κ3) is 2.91. The van der Waals surface area contributed by atoms with Crippen LogP contribution in [-0.2, 0) is 7.05 Å². The van der Waals surface area contributed by atoms with E-state index in [0.29, 0.717) is 5.56 Å². The Balaban J connectivity index is 1.90. The Bertz CT molecular complexity index is 929. The molecule has 0 spiro atoms. The zero-order chi connectivity index (χ0) is 17.4. The van der Waals surface area contributed by atoms with Crippen molar-refractivity contribution in [3.8, 4) is 11.3 Å². The zero-order valence-electron chi connectivity index (χ0n) is 14.4. The Morgan fingerprint density at radius 1 is 1.16 bits per heavy atom. The molecule has 0 N–H and O–H groups in total. The second kappa shape index (κ2) is 6.52. The fourth-order valence-corrected chi connectivity index (χ4v) is 4.21. The number of hydrogen-bond acceptors (Lipinski definition) is 4. The molecule has 1 amide bonds. The van der Waals surface area contributed by atoms with E-state index >= 15 is 0 Å². The van der Waals surface area contributed by atoms with Crippen molar-refractivity contribution in [3.63, 3.8) is 0 Å². The molecule has 1 saturated heterocycles. The van der Waals surface area contributed by atoms with Gasteiger partial charge in [0, 0.05) is 37.2 Å². The molecule has 0 unspecified atom stereocenters. The lowest BCUT2D eigenvalue weighted by atomic mass is 10.0. The highest BCUT2D eigenvalue weighted by Crippen LogP contribution is 2.28. The lowest BCUT2D eigenvalue weighted by molar-refractivity contribution is 0.0774. The molecule has 3 heterocycles. The first-order valence-corrected chi connectivity index (χ1v) is 9.57. The fourth-order valence-electron chi connectivity index (χ4n) is 3.31. The summed E-state index contributed by atoms with van der Waals surface area (Å²) >= 11 is 1.90. The second-order valence-electron chi connectivity index (χ2n) is 6.23. The van der Waals surface area contributed by atoms with Crippen LogP contribution in [-0.4, -0.2) is 50.2 Å². The summed E-state index contributed by atoms with van der Waals surface area (Å²) < 4.78 is 1.76. The largest absolute Gasteiger partial charge is 0.337 e. The zero-order valence-corrected chi connectivity index (χ0v) is 15.2. The minimum atomic E-state index is 0.0842. The number of carbonyl (C=O) groups excluding carboxylic acids is 1. The fraction of sp³-hybridized carbons (Fsp3) is 0.316. The first-order valence-electron chi connectivity index (χ1n) is 8.42. The highest BCUT2D eigenvalue weighted by molar-refractivity contribution is 7.99. The maximum atomic E-state index is 13.2. The summed E-state index contributed by atoms with van der Waals surface area (Å²) in [7, 11) is 1.88. The van der Waals surface area contributed by atoms with Gasteiger partial charge in [-0.25, -0.2) is 4.98 Å². The van der Waals surface area contributed by atoms with E-state index in [9.17, 15) is 4.79 Å². The van der Waals surface area contributed by atoms with Crippen molar-refractivity contribution < 1.29 is 4.79 Å². The van der Waals surface area contributed by atoms with Crippen molar-refractivity contribution in [2.24, 2.45) is 7.05 Å². The van der Waals surface area contributed by atoms with Gasteiger partial charge < -0.3 is 4.90 Å². The van der Waals surface area contributed by atoms with E-state index in [2.05, 4.69) is 5.10 Å². The van der Waals surface area contributed by atoms with Gasteiger partial charge in [-0.2, -0.15) is 16.9 Å². The Kier molecular flexibility index (Phi) is 4.21. The Hall–Kier alpha value is -2.34. The topological polar surface area (TPSA) is 51.0 Å². The Labute approximate surface area is 151 Å². The molecule has 0 bridgehead atoms. The van der Waals surface area contributed by atoms with E-state index in [1.165, 1.54) is 0 Å². The highest BCUT2D eigenvalue weighted by Gasteiger charge is 2.24. The van der Waals surface area contributed by atoms with E-state index in [4.69, 9.17) is 4.98 Å². The summed E-state index contributed by atoms with van der Waals surface area (Å²) in [6, 6.07) is 11.9. The summed E-state index contributed by atoms with van der Waals surface area (Å²) in [6.45, 7) is 3.54. The van der Waals surface area contributed by atoms with Gasteiger partial charge in [0.05, 0.1) is 22.3 Å². The number of hydrogen-bond donors (Lipinski definition) is 0. The smallest absolute Gasteiger partial charge is 0.254 e. The summed E-state index contributed by atoms with van der Waals surface area (Å²) in [5.41, 5.74) is 4.13. The van der Waals surface area contributed by atoms with Gasteiger partial charge in [-0.15, -0.1) is 0 Å². The van der Waals surface area contributed by atoms with Crippen molar-refractivity contribution in [2.75, 3.05) is 24.6 Å². The standard InChI is InChI=1S/C19H20N4OS/c1-13-17-15(19(24)23-8-10-25-11-9-23)12-16(14-6-4-3-5-7-14)20-18(17)22(2)21-13/h3-7,12H,8-11H2,1-2H3. The molecule has 2 aromatic heterocycles. The van der Waals surface area contributed by atoms with Crippen molar-refractivity contribution in [3.05, 3.63) is 47.7 Å². The number of thioether (sulfide) groups is 1. The van der Waals surface area contributed by atoms with E-state index < -0.39 is 0 Å². The number of carbonyl (C=O) groups is 1. The van der Waals surface area contributed by atoms with Crippen molar-refractivity contribution in [2.45, 2.75) is 6.92 Å². The van der Waals surface area contributed by atoms with Crippen molar-refractivity contribution in [1.82, 2.24) is 19.7 Å². The normalized spacial score (nSPS) is 14.9. The van der Waals surface area contributed by atoms with Gasteiger partial charge in [-0.1, -0.05) is 30.3 Å². The molecule has 0 atom stereocenters. The number of pyridine rings is 1. The predicted octanol–water partition coefficient (Wildman–Crippen LogP) is 3.13. The van der Waals surface area contributed by atoms with Gasteiger partial charge >= 0.3 is 0 Å². The minimum absolute atomic E-state index is 0.0842. The average molecular weight is 352 g/mol. The molecular weight excluding hydrogens is 332 g/mol. The van der Waals surface area contributed by atoms with Gasteiger partial charge in [0.15, 0.2) is 5.65 Å². The highest BCUT2D eigenvalue weighted by atomic mass is 32.2. The SMILES string of the molecule is Cc1nn(C)c2nc(-c3ccccc3)cc(C(=O)N3CCSCC3)c12. The van der Waals surface area contributed by atoms with Crippen LogP contribution in [0.15, 0.2) is 36.4 Å². The van der Waals surface area contributed by atoms with E-state index in [-0.39, 0.29) is 5.91 Å². The molecule has 1 aliphatic heterocycles. The van der Waals surface area contributed by atoms with Crippen molar-refractivity contribution in [1.29, 1.82) is 0 Å². The lowest BCUT2D eigenvalue weighted by Gasteiger charge is -2.26. The molecule has 25 heavy (non-hydrogen) atoms. The summed E-state index contributed by atoms with van der Waals surface area (Å²) in [4.78, 5) is 19.9. The molecule has 4 rings (SSSR count). The molecular formula is C19H20N4OS. The third-order valence-corrected chi connectivity index (χ3v) is 5.51. The van der Waals surface area contributed by atoms with E-state index in [1.54, 1.807) is 4.68 Å². The molecule has 1 aromatic carbocycles. The molecule has 6 heteroatoms. The number of amides is 1. The van der Waals surface area contributed by atoms with E-state index in [1.807, 2.05) is 67.0 Å². The maximum absolute atomic E-state index is 13.2. The van der Waals surface area contributed by atoms with Gasteiger partial charge in [0.25, 0.3) is 5.91 Å². The van der Waals surface area contributed by atoms with Gasteiger partial charge in [-0.3, -0.25) is 9.48 Å². The summed E-state index contributed by atoms with van der Waals surface area (Å²) in [6.07, 6.45) is 0. The molecule has 3 aromatic rings. The first kappa shape index (κ1) is 16.1. The average Bonchev–Trinajstić information content (AvgIpc) is 2.96.